The molecule has 1 aliphatic heterocycles. The van der Waals surface area contributed by atoms with E-state index < -0.39 is 0 Å². The van der Waals surface area contributed by atoms with Gasteiger partial charge in [-0.15, -0.1) is 0 Å². The molecule has 2 rings (SSSR count). The van der Waals surface area contributed by atoms with Gasteiger partial charge in [-0.1, -0.05) is 6.92 Å². The number of rotatable bonds is 7. The first-order valence-corrected chi connectivity index (χ1v) is 8.14. The molecule has 1 N–H and O–H groups in total. The van der Waals surface area contributed by atoms with Gasteiger partial charge in [0.1, 0.15) is 0 Å². The summed E-state index contributed by atoms with van der Waals surface area (Å²) >= 11 is 0. The van der Waals surface area contributed by atoms with E-state index in [-0.39, 0.29) is 0 Å². The molecule has 1 aliphatic rings. The Kier molecular flexibility index (Phi) is 6.23. The Labute approximate surface area is 128 Å². The summed E-state index contributed by atoms with van der Waals surface area (Å²) in [5.74, 6) is 2.13. The second-order valence-electron chi connectivity index (χ2n) is 6.00. The third-order valence-corrected chi connectivity index (χ3v) is 3.81. The first-order chi connectivity index (χ1) is 10.2. The Morgan fingerprint density at radius 1 is 1.48 bits per heavy atom. The molecule has 1 aromatic heterocycles. The van der Waals surface area contributed by atoms with Crippen molar-refractivity contribution >= 4 is 5.95 Å². The van der Waals surface area contributed by atoms with Crippen LogP contribution in [0.1, 0.15) is 40.0 Å². The molecule has 118 valence electrons. The highest BCUT2D eigenvalue weighted by Crippen LogP contribution is 2.19. The maximum Gasteiger partial charge on any atom is 0.228 e. The second-order valence-corrected chi connectivity index (χ2v) is 6.00. The number of anilines is 1. The van der Waals surface area contributed by atoms with Gasteiger partial charge >= 0.3 is 0 Å². The summed E-state index contributed by atoms with van der Waals surface area (Å²) in [5, 5.41) is 3.48. The summed E-state index contributed by atoms with van der Waals surface area (Å²) in [6.07, 6.45) is 5.32. The second kappa shape index (κ2) is 8.17. The van der Waals surface area contributed by atoms with Crippen molar-refractivity contribution in [2.45, 2.75) is 46.1 Å². The van der Waals surface area contributed by atoms with Gasteiger partial charge in [-0.25, -0.2) is 4.98 Å². The van der Waals surface area contributed by atoms with Crippen molar-refractivity contribution in [1.82, 2.24) is 15.3 Å². The zero-order chi connectivity index (χ0) is 15.1. The van der Waals surface area contributed by atoms with E-state index in [0.717, 1.165) is 32.0 Å². The van der Waals surface area contributed by atoms with Crippen LogP contribution in [0.15, 0.2) is 12.3 Å². The van der Waals surface area contributed by atoms with E-state index in [1.54, 1.807) is 6.20 Å². The summed E-state index contributed by atoms with van der Waals surface area (Å²) in [6, 6.07) is 2.22. The number of piperidine rings is 1. The topological polar surface area (TPSA) is 50.3 Å². The molecule has 1 unspecified atom stereocenters. The normalized spacial score (nSPS) is 18.8. The van der Waals surface area contributed by atoms with Crippen molar-refractivity contribution in [1.29, 1.82) is 0 Å². The molecular formula is C16H28N4O. The number of aromatic nitrogens is 2. The van der Waals surface area contributed by atoms with Crippen LogP contribution in [0.4, 0.5) is 5.95 Å². The van der Waals surface area contributed by atoms with Gasteiger partial charge in [0.05, 0.1) is 6.61 Å². The lowest BCUT2D eigenvalue weighted by Gasteiger charge is -2.32. The lowest BCUT2D eigenvalue weighted by atomic mass is 9.99. The van der Waals surface area contributed by atoms with Gasteiger partial charge in [-0.2, -0.15) is 4.98 Å². The Morgan fingerprint density at radius 3 is 3.00 bits per heavy atom. The van der Waals surface area contributed by atoms with Crippen LogP contribution < -0.4 is 15.0 Å². The SMILES string of the molecule is CCCOc1ccnc(N(CC2CCCNC2)C(C)C)n1. The van der Waals surface area contributed by atoms with Gasteiger partial charge in [0.25, 0.3) is 0 Å². The van der Waals surface area contributed by atoms with Crippen molar-refractivity contribution < 1.29 is 4.74 Å². The first-order valence-electron chi connectivity index (χ1n) is 8.14. The third-order valence-electron chi connectivity index (χ3n) is 3.81. The molecular weight excluding hydrogens is 264 g/mol. The minimum atomic E-state index is 0.383. The monoisotopic (exact) mass is 292 g/mol. The Hall–Kier alpha value is -1.36. The minimum absolute atomic E-state index is 0.383. The van der Waals surface area contributed by atoms with E-state index in [4.69, 9.17) is 4.74 Å². The minimum Gasteiger partial charge on any atom is -0.478 e. The molecule has 5 heteroatoms. The largest absolute Gasteiger partial charge is 0.478 e. The zero-order valence-corrected chi connectivity index (χ0v) is 13.5. The van der Waals surface area contributed by atoms with Crippen LogP contribution in [-0.2, 0) is 0 Å². The molecule has 0 aromatic carbocycles. The fourth-order valence-corrected chi connectivity index (χ4v) is 2.64. The molecule has 2 heterocycles. The van der Waals surface area contributed by atoms with E-state index in [1.807, 2.05) is 6.07 Å². The molecule has 0 saturated carbocycles. The Balaban J connectivity index is 2.05. The third kappa shape index (κ3) is 4.84. The fourth-order valence-electron chi connectivity index (χ4n) is 2.64. The summed E-state index contributed by atoms with van der Waals surface area (Å²) in [6.45, 7) is 10.4. The molecule has 0 bridgehead atoms. The lowest BCUT2D eigenvalue weighted by molar-refractivity contribution is 0.304. The number of nitrogens with zero attached hydrogens (tertiary/aromatic N) is 3. The maximum absolute atomic E-state index is 5.63. The standard InChI is InChI=1S/C16H28N4O/c1-4-10-21-15-7-9-18-16(19-15)20(13(2)3)12-14-6-5-8-17-11-14/h7,9,13-14,17H,4-6,8,10-12H2,1-3H3. The predicted octanol–water partition coefficient (Wildman–Crippen LogP) is 2.48. The van der Waals surface area contributed by atoms with E-state index in [1.165, 1.54) is 12.8 Å². The van der Waals surface area contributed by atoms with Gasteiger partial charge in [0.15, 0.2) is 0 Å². The van der Waals surface area contributed by atoms with Crippen molar-refractivity contribution in [3.8, 4) is 5.88 Å². The molecule has 21 heavy (non-hydrogen) atoms. The maximum atomic E-state index is 5.63. The van der Waals surface area contributed by atoms with Gasteiger partial charge in [0, 0.05) is 24.8 Å². The molecule has 5 nitrogen and oxygen atoms in total. The van der Waals surface area contributed by atoms with Gasteiger partial charge in [-0.05, 0) is 52.1 Å². The fraction of sp³-hybridized carbons (Fsp3) is 0.750. The Morgan fingerprint density at radius 2 is 2.33 bits per heavy atom. The summed E-state index contributed by atoms with van der Waals surface area (Å²) in [5.41, 5.74) is 0. The van der Waals surface area contributed by atoms with Crippen LogP contribution in [0.5, 0.6) is 5.88 Å². The average molecular weight is 292 g/mol. The molecule has 0 aliphatic carbocycles. The van der Waals surface area contributed by atoms with E-state index in [0.29, 0.717) is 24.4 Å². The Bertz CT molecular complexity index is 418. The number of hydrogen-bond donors (Lipinski definition) is 1. The summed E-state index contributed by atoms with van der Waals surface area (Å²) in [7, 11) is 0. The highest BCUT2D eigenvalue weighted by Gasteiger charge is 2.21. The van der Waals surface area contributed by atoms with E-state index in [9.17, 15) is 0 Å². The zero-order valence-electron chi connectivity index (χ0n) is 13.5. The first kappa shape index (κ1) is 16.0. The van der Waals surface area contributed by atoms with Crippen LogP contribution in [0.3, 0.4) is 0 Å². The molecule has 0 spiro atoms. The number of nitrogens with one attached hydrogen (secondary N) is 1. The predicted molar refractivity (Wildman–Crippen MR) is 85.9 cm³/mol. The number of ether oxygens (including phenoxy) is 1. The van der Waals surface area contributed by atoms with E-state index in [2.05, 4.69) is 41.0 Å². The van der Waals surface area contributed by atoms with Crippen LogP contribution in [-0.4, -0.2) is 42.3 Å². The van der Waals surface area contributed by atoms with Gasteiger partial charge in [0.2, 0.25) is 11.8 Å². The van der Waals surface area contributed by atoms with Gasteiger partial charge < -0.3 is 15.0 Å². The molecule has 0 amide bonds. The van der Waals surface area contributed by atoms with Crippen LogP contribution >= 0.6 is 0 Å². The van der Waals surface area contributed by atoms with E-state index >= 15 is 0 Å². The molecule has 1 atom stereocenters. The highest BCUT2D eigenvalue weighted by atomic mass is 16.5. The molecule has 1 saturated heterocycles. The summed E-state index contributed by atoms with van der Waals surface area (Å²) in [4.78, 5) is 11.3. The molecule has 1 aromatic rings. The molecule has 1 fully saturated rings. The lowest BCUT2D eigenvalue weighted by Crippen LogP contribution is -2.42. The summed E-state index contributed by atoms with van der Waals surface area (Å²) < 4.78 is 5.63. The molecule has 0 radical (unpaired) electrons. The van der Waals surface area contributed by atoms with Crippen LogP contribution in [0, 0.1) is 5.92 Å². The van der Waals surface area contributed by atoms with Crippen molar-refractivity contribution in [3.05, 3.63) is 12.3 Å². The van der Waals surface area contributed by atoms with Crippen LogP contribution in [0.25, 0.3) is 0 Å². The van der Waals surface area contributed by atoms with Gasteiger partial charge in [-0.3, -0.25) is 0 Å². The number of hydrogen-bond acceptors (Lipinski definition) is 5. The van der Waals surface area contributed by atoms with Crippen molar-refractivity contribution in [2.75, 3.05) is 31.1 Å². The quantitative estimate of drug-likeness (QED) is 0.836. The van der Waals surface area contributed by atoms with Crippen molar-refractivity contribution in [3.63, 3.8) is 0 Å². The smallest absolute Gasteiger partial charge is 0.228 e. The average Bonchev–Trinajstić information content (AvgIpc) is 2.51. The van der Waals surface area contributed by atoms with Crippen molar-refractivity contribution in [2.24, 2.45) is 5.92 Å². The highest BCUT2D eigenvalue weighted by molar-refractivity contribution is 5.33. The van der Waals surface area contributed by atoms with Crippen LogP contribution in [0.2, 0.25) is 0 Å².